The summed E-state index contributed by atoms with van der Waals surface area (Å²) in [4.78, 5) is 11.2. The van der Waals surface area contributed by atoms with Crippen molar-refractivity contribution in [3.05, 3.63) is 29.3 Å². The number of aromatic carboxylic acids is 1. The molecule has 1 aromatic carbocycles. The Kier molecular flexibility index (Phi) is 4.43. The molecular weight excluding hydrogens is 242 g/mol. The number of rotatable bonds is 4. The van der Waals surface area contributed by atoms with Crippen molar-refractivity contribution in [2.75, 3.05) is 11.9 Å². The van der Waals surface area contributed by atoms with Crippen molar-refractivity contribution in [3.8, 4) is 0 Å². The van der Waals surface area contributed by atoms with E-state index in [1.807, 2.05) is 13.0 Å². The minimum Gasteiger partial charge on any atom is -0.478 e. The van der Waals surface area contributed by atoms with Gasteiger partial charge in [0.25, 0.3) is 0 Å². The van der Waals surface area contributed by atoms with Gasteiger partial charge < -0.3 is 15.5 Å². The van der Waals surface area contributed by atoms with E-state index in [0.717, 1.165) is 31.2 Å². The molecule has 0 spiro atoms. The molecule has 4 heteroatoms. The van der Waals surface area contributed by atoms with E-state index in [1.54, 1.807) is 12.1 Å². The molecule has 1 aromatic rings. The van der Waals surface area contributed by atoms with Crippen LogP contribution in [-0.4, -0.2) is 28.8 Å². The van der Waals surface area contributed by atoms with Crippen LogP contribution in [0.1, 0.15) is 41.6 Å². The first-order valence-corrected chi connectivity index (χ1v) is 6.84. The van der Waals surface area contributed by atoms with Crippen LogP contribution in [0.3, 0.4) is 0 Å². The van der Waals surface area contributed by atoms with E-state index >= 15 is 0 Å². The van der Waals surface area contributed by atoms with Crippen LogP contribution in [0.15, 0.2) is 18.2 Å². The first kappa shape index (κ1) is 13.9. The van der Waals surface area contributed by atoms with Gasteiger partial charge in [0.05, 0.1) is 17.4 Å². The number of nitrogens with one attached hydrogen (secondary N) is 1. The molecule has 2 rings (SSSR count). The van der Waals surface area contributed by atoms with Gasteiger partial charge in [-0.3, -0.25) is 0 Å². The molecular formula is C15H21NO3. The highest BCUT2D eigenvalue weighted by Gasteiger charge is 2.23. The number of para-hydroxylation sites is 1. The Balaban J connectivity index is 2.08. The summed E-state index contributed by atoms with van der Waals surface area (Å²) in [6, 6.07) is 5.25. The summed E-state index contributed by atoms with van der Waals surface area (Å²) < 4.78 is 0. The van der Waals surface area contributed by atoms with Crippen molar-refractivity contribution in [1.29, 1.82) is 0 Å². The third-order valence-corrected chi connectivity index (χ3v) is 3.91. The third kappa shape index (κ3) is 3.26. The second kappa shape index (κ2) is 6.06. The van der Waals surface area contributed by atoms with Crippen LogP contribution in [-0.2, 0) is 0 Å². The molecule has 1 fully saturated rings. The first-order chi connectivity index (χ1) is 9.09. The monoisotopic (exact) mass is 263 g/mol. The molecule has 19 heavy (non-hydrogen) atoms. The van der Waals surface area contributed by atoms with Crippen molar-refractivity contribution < 1.29 is 15.0 Å². The number of aliphatic hydroxyl groups is 1. The number of carboxylic acids is 1. The molecule has 104 valence electrons. The fraction of sp³-hybridized carbons (Fsp3) is 0.533. The fourth-order valence-corrected chi connectivity index (χ4v) is 2.74. The Morgan fingerprint density at radius 1 is 1.37 bits per heavy atom. The maximum atomic E-state index is 11.2. The van der Waals surface area contributed by atoms with E-state index in [0.29, 0.717) is 17.8 Å². The van der Waals surface area contributed by atoms with Crippen LogP contribution in [0.5, 0.6) is 0 Å². The Bertz CT molecular complexity index is 459. The summed E-state index contributed by atoms with van der Waals surface area (Å²) in [6.07, 6.45) is 3.82. The summed E-state index contributed by atoms with van der Waals surface area (Å²) in [5.41, 5.74) is 1.89. The van der Waals surface area contributed by atoms with Crippen molar-refractivity contribution >= 4 is 11.7 Å². The highest BCUT2D eigenvalue weighted by Crippen LogP contribution is 2.26. The van der Waals surface area contributed by atoms with E-state index in [1.165, 1.54) is 0 Å². The van der Waals surface area contributed by atoms with Crippen molar-refractivity contribution in [2.45, 2.75) is 38.7 Å². The lowest BCUT2D eigenvalue weighted by atomic mass is 9.86. The van der Waals surface area contributed by atoms with Gasteiger partial charge in [-0.2, -0.15) is 0 Å². The molecule has 0 amide bonds. The fourth-order valence-electron chi connectivity index (χ4n) is 2.74. The molecule has 2 atom stereocenters. The van der Waals surface area contributed by atoms with Gasteiger partial charge in [0, 0.05) is 12.5 Å². The zero-order valence-electron chi connectivity index (χ0n) is 11.2. The normalized spacial score (nSPS) is 23.1. The summed E-state index contributed by atoms with van der Waals surface area (Å²) in [7, 11) is 0. The predicted octanol–water partition coefficient (Wildman–Crippen LogP) is 2.66. The number of hydrogen-bond donors (Lipinski definition) is 3. The van der Waals surface area contributed by atoms with Crippen LogP contribution < -0.4 is 5.32 Å². The minimum atomic E-state index is -0.921. The van der Waals surface area contributed by atoms with Gasteiger partial charge in [-0.1, -0.05) is 25.0 Å². The van der Waals surface area contributed by atoms with Gasteiger partial charge in [0.1, 0.15) is 0 Å². The lowest BCUT2D eigenvalue weighted by molar-refractivity contribution is 0.0697. The summed E-state index contributed by atoms with van der Waals surface area (Å²) >= 11 is 0. The quantitative estimate of drug-likeness (QED) is 0.781. The molecule has 0 heterocycles. The number of hydrogen-bond acceptors (Lipinski definition) is 3. The molecule has 2 unspecified atom stereocenters. The van der Waals surface area contributed by atoms with Gasteiger partial charge in [0.15, 0.2) is 0 Å². The van der Waals surface area contributed by atoms with Gasteiger partial charge in [-0.15, -0.1) is 0 Å². The van der Waals surface area contributed by atoms with E-state index < -0.39 is 5.97 Å². The topological polar surface area (TPSA) is 69.6 Å². The largest absolute Gasteiger partial charge is 0.478 e. The number of aryl methyl sites for hydroxylation is 1. The van der Waals surface area contributed by atoms with E-state index in [2.05, 4.69) is 5.32 Å². The number of anilines is 1. The summed E-state index contributed by atoms with van der Waals surface area (Å²) in [6.45, 7) is 2.53. The summed E-state index contributed by atoms with van der Waals surface area (Å²) in [5.74, 6) is -0.703. The Morgan fingerprint density at radius 2 is 2.11 bits per heavy atom. The van der Waals surface area contributed by atoms with Gasteiger partial charge in [-0.05, 0) is 31.4 Å². The highest BCUT2D eigenvalue weighted by molar-refractivity contribution is 5.95. The van der Waals surface area contributed by atoms with E-state index in [-0.39, 0.29) is 12.0 Å². The Morgan fingerprint density at radius 3 is 2.79 bits per heavy atom. The van der Waals surface area contributed by atoms with Crippen LogP contribution in [0.25, 0.3) is 0 Å². The number of carbonyl (C=O) groups is 1. The predicted molar refractivity (Wildman–Crippen MR) is 74.6 cm³/mol. The lowest BCUT2D eigenvalue weighted by Gasteiger charge is -2.28. The lowest BCUT2D eigenvalue weighted by Crippen LogP contribution is -2.30. The second-order valence-electron chi connectivity index (χ2n) is 5.30. The maximum Gasteiger partial charge on any atom is 0.337 e. The molecule has 1 saturated carbocycles. The van der Waals surface area contributed by atoms with Crippen LogP contribution in [0, 0.1) is 12.8 Å². The molecule has 0 aliphatic heterocycles. The van der Waals surface area contributed by atoms with Crippen LogP contribution >= 0.6 is 0 Å². The van der Waals surface area contributed by atoms with Crippen LogP contribution in [0.2, 0.25) is 0 Å². The Labute approximate surface area is 113 Å². The average Bonchev–Trinajstić information content (AvgIpc) is 2.38. The molecule has 0 saturated heterocycles. The second-order valence-corrected chi connectivity index (χ2v) is 5.30. The number of benzene rings is 1. The van der Waals surface area contributed by atoms with Crippen molar-refractivity contribution in [2.24, 2.45) is 5.92 Å². The van der Waals surface area contributed by atoms with Gasteiger partial charge >= 0.3 is 5.97 Å². The molecule has 3 N–H and O–H groups in total. The SMILES string of the molecule is Cc1cccc(C(=O)O)c1NCC1CCCCC1O. The van der Waals surface area contributed by atoms with Gasteiger partial charge in [0.2, 0.25) is 0 Å². The number of carboxylic acid groups (broad SMARTS) is 1. The summed E-state index contributed by atoms with van der Waals surface area (Å²) in [5, 5.41) is 22.4. The van der Waals surface area contributed by atoms with Crippen molar-refractivity contribution in [1.82, 2.24) is 0 Å². The Hall–Kier alpha value is -1.55. The average molecular weight is 263 g/mol. The van der Waals surface area contributed by atoms with E-state index in [4.69, 9.17) is 0 Å². The molecule has 1 aliphatic rings. The zero-order valence-corrected chi connectivity index (χ0v) is 11.2. The molecule has 0 aromatic heterocycles. The van der Waals surface area contributed by atoms with Crippen molar-refractivity contribution in [3.63, 3.8) is 0 Å². The molecule has 4 nitrogen and oxygen atoms in total. The first-order valence-electron chi connectivity index (χ1n) is 6.84. The zero-order chi connectivity index (χ0) is 13.8. The maximum absolute atomic E-state index is 11.2. The van der Waals surface area contributed by atoms with E-state index in [9.17, 15) is 15.0 Å². The highest BCUT2D eigenvalue weighted by atomic mass is 16.4. The number of aliphatic hydroxyl groups excluding tert-OH is 1. The molecule has 0 bridgehead atoms. The smallest absolute Gasteiger partial charge is 0.337 e. The van der Waals surface area contributed by atoms with Gasteiger partial charge in [-0.25, -0.2) is 4.79 Å². The molecule has 1 aliphatic carbocycles. The standard InChI is InChI=1S/C15H21NO3/c1-10-5-4-7-12(15(18)19)14(10)16-9-11-6-2-3-8-13(11)17/h4-5,7,11,13,16-17H,2-3,6,8-9H2,1H3,(H,18,19). The third-order valence-electron chi connectivity index (χ3n) is 3.91. The molecule has 0 radical (unpaired) electrons. The van der Waals surface area contributed by atoms with Crippen LogP contribution in [0.4, 0.5) is 5.69 Å². The minimum absolute atomic E-state index is 0.218.